The minimum Gasteiger partial charge on any atom is -0.331 e. The molecule has 0 aromatic heterocycles. The van der Waals surface area contributed by atoms with E-state index in [1.54, 1.807) is 16.7 Å². The number of hydrogen-bond donors (Lipinski definition) is 1. The molecule has 1 heterocycles. The number of thiocarbonyl (C=S) groups is 1. The second-order valence-corrected chi connectivity index (χ2v) is 6.85. The molecule has 1 N–H and O–H groups in total. The number of hydrogen-bond acceptors (Lipinski definition) is 3. The van der Waals surface area contributed by atoms with Crippen molar-refractivity contribution in [2.75, 3.05) is 16.0 Å². The summed E-state index contributed by atoms with van der Waals surface area (Å²) in [4.78, 5) is 15.1. The summed E-state index contributed by atoms with van der Waals surface area (Å²) < 4.78 is 0. The van der Waals surface area contributed by atoms with Gasteiger partial charge in [0.2, 0.25) is 5.91 Å². The molecule has 4 rings (SSSR count). The van der Waals surface area contributed by atoms with E-state index in [4.69, 9.17) is 12.2 Å². The molecule has 1 amide bonds. The number of anilines is 2. The zero-order valence-corrected chi connectivity index (χ0v) is 14.4. The molecule has 3 aromatic rings. The average Bonchev–Trinajstić information content (AvgIpc) is 2.62. The Kier molecular flexibility index (Phi) is 3.96. The van der Waals surface area contributed by atoms with E-state index in [-0.39, 0.29) is 5.91 Å². The first-order chi connectivity index (χ1) is 11.7. The molecule has 0 spiro atoms. The molecular weight excluding hydrogens is 336 g/mol. The summed E-state index contributed by atoms with van der Waals surface area (Å²) in [5, 5.41) is 5.87. The molecule has 5 heteroatoms. The highest BCUT2D eigenvalue weighted by Gasteiger charge is 2.27. The van der Waals surface area contributed by atoms with Gasteiger partial charge in [0.25, 0.3) is 0 Å². The molecular formula is C19H14N2OS2. The van der Waals surface area contributed by atoms with Gasteiger partial charge in [-0.3, -0.25) is 9.69 Å². The lowest BCUT2D eigenvalue weighted by Gasteiger charge is -2.29. The van der Waals surface area contributed by atoms with Crippen LogP contribution in [0.4, 0.5) is 11.4 Å². The lowest BCUT2D eigenvalue weighted by molar-refractivity contribution is -0.115. The monoisotopic (exact) mass is 350 g/mol. The van der Waals surface area contributed by atoms with Crippen molar-refractivity contribution in [3.8, 4) is 0 Å². The fourth-order valence-corrected chi connectivity index (χ4v) is 4.03. The highest BCUT2D eigenvalue weighted by molar-refractivity contribution is 8.00. The van der Waals surface area contributed by atoms with Crippen molar-refractivity contribution in [3.63, 3.8) is 0 Å². The Morgan fingerprint density at radius 2 is 1.75 bits per heavy atom. The first kappa shape index (κ1) is 15.2. The fourth-order valence-electron chi connectivity index (χ4n) is 2.83. The largest absolute Gasteiger partial charge is 0.331 e. The quantitative estimate of drug-likeness (QED) is 0.646. The summed E-state index contributed by atoms with van der Waals surface area (Å²) in [7, 11) is 0. The van der Waals surface area contributed by atoms with Crippen molar-refractivity contribution in [3.05, 3.63) is 66.7 Å². The summed E-state index contributed by atoms with van der Waals surface area (Å²) >= 11 is 7.11. The summed E-state index contributed by atoms with van der Waals surface area (Å²) in [5.41, 5.74) is 1.75. The molecule has 24 heavy (non-hydrogen) atoms. The van der Waals surface area contributed by atoms with Gasteiger partial charge in [-0.2, -0.15) is 0 Å². The Bertz CT molecular complexity index is 950. The molecule has 0 saturated heterocycles. The van der Waals surface area contributed by atoms with Crippen LogP contribution in [0.3, 0.4) is 0 Å². The standard InChI is InChI=1S/C19H14N2OS2/c22-18-12-24-17-11-4-3-10-16(17)21(18)19(23)20-15-9-5-7-13-6-1-2-8-14(13)15/h1-11H,12H2,(H,20,23). The van der Waals surface area contributed by atoms with Gasteiger partial charge in [-0.25, -0.2) is 0 Å². The van der Waals surface area contributed by atoms with E-state index >= 15 is 0 Å². The molecule has 0 fully saturated rings. The van der Waals surface area contributed by atoms with Gasteiger partial charge in [0.1, 0.15) is 0 Å². The van der Waals surface area contributed by atoms with Crippen LogP contribution in [0.2, 0.25) is 0 Å². The molecule has 0 saturated carbocycles. The van der Waals surface area contributed by atoms with Gasteiger partial charge in [-0.1, -0.05) is 48.5 Å². The van der Waals surface area contributed by atoms with Crippen LogP contribution in [0, 0.1) is 0 Å². The molecule has 0 radical (unpaired) electrons. The van der Waals surface area contributed by atoms with E-state index in [9.17, 15) is 4.79 Å². The minimum atomic E-state index is -0.00330. The maximum Gasteiger partial charge on any atom is 0.243 e. The van der Waals surface area contributed by atoms with Crippen molar-refractivity contribution in [1.29, 1.82) is 0 Å². The zero-order valence-electron chi connectivity index (χ0n) is 12.7. The van der Waals surface area contributed by atoms with E-state index in [0.717, 1.165) is 27.0 Å². The molecule has 3 aromatic carbocycles. The van der Waals surface area contributed by atoms with Crippen molar-refractivity contribution in [1.82, 2.24) is 0 Å². The first-order valence-corrected chi connectivity index (χ1v) is 8.97. The van der Waals surface area contributed by atoms with Crippen molar-refractivity contribution >= 4 is 57.1 Å². The number of carbonyl (C=O) groups excluding carboxylic acids is 1. The second-order valence-electron chi connectivity index (χ2n) is 5.44. The first-order valence-electron chi connectivity index (χ1n) is 7.57. The number of fused-ring (bicyclic) bond motifs is 2. The van der Waals surface area contributed by atoms with Crippen LogP contribution in [-0.4, -0.2) is 16.8 Å². The van der Waals surface area contributed by atoms with Gasteiger partial charge >= 0.3 is 0 Å². The highest BCUT2D eigenvalue weighted by atomic mass is 32.2. The van der Waals surface area contributed by atoms with Crippen molar-refractivity contribution in [2.45, 2.75) is 4.90 Å². The highest BCUT2D eigenvalue weighted by Crippen LogP contribution is 2.35. The number of para-hydroxylation sites is 1. The van der Waals surface area contributed by atoms with E-state index in [1.165, 1.54) is 0 Å². The molecule has 1 aliphatic heterocycles. The van der Waals surface area contributed by atoms with Crippen LogP contribution < -0.4 is 10.2 Å². The van der Waals surface area contributed by atoms with E-state index < -0.39 is 0 Å². The van der Waals surface area contributed by atoms with Crippen molar-refractivity contribution in [2.24, 2.45) is 0 Å². The molecule has 0 bridgehead atoms. The van der Waals surface area contributed by atoms with Crippen LogP contribution in [-0.2, 0) is 4.79 Å². The van der Waals surface area contributed by atoms with Crippen LogP contribution in [0.1, 0.15) is 0 Å². The third-order valence-electron chi connectivity index (χ3n) is 3.94. The van der Waals surface area contributed by atoms with Crippen LogP contribution in [0.5, 0.6) is 0 Å². The predicted molar refractivity (Wildman–Crippen MR) is 105 cm³/mol. The maximum atomic E-state index is 12.4. The van der Waals surface area contributed by atoms with Gasteiger partial charge in [0, 0.05) is 16.0 Å². The summed E-state index contributed by atoms with van der Waals surface area (Å²) in [6.07, 6.45) is 0. The fraction of sp³-hybridized carbons (Fsp3) is 0.0526. The lowest BCUT2D eigenvalue weighted by atomic mass is 10.1. The normalized spacial score (nSPS) is 13.7. The summed E-state index contributed by atoms with van der Waals surface area (Å²) in [5.74, 6) is 0.394. The van der Waals surface area contributed by atoms with Crippen molar-refractivity contribution < 1.29 is 4.79 Å². The second kappa shape index (κ2) is 6.26. The Morgan fingerprint density at radius 1 is 1.00 bits per heavy atom. The third-order valence-corrected chi connectivity index (χ3v) is 5.27. The SMILES string of the molecule is O=C1CSc2ccccc2N1C(=S)Nc1cccc2ccccc12. The minimum absolute atomic E-state index is 0.00330. The molecule has 1 aliphatic rings. The summed E-state index contributed by atoms with van der Waals surface area (Å²) in [6, 6.07) is 22.0. The molecule has 0 aliphatic carbocycles. The van der Waals surface area contributed by atoms with Gasteiger partial charge in [-0.05, 0) is 35.8 Å². The Balaban J connectivity index is 1.70. The van der Waals surface area contributed by atoms with Gasteiger partial charge in [-0.15, -0.1) is 11.8 Å². The van der Waals surface area contributed by atoms with Crippen LogP contribution in [0.15, 0.2) is 71.6 Å². The number of benzene rings is 3. The van der Waals surface area contributed by atoms with Crippen LogP contribution in [0.25, 0.3) is 10.8 Å². The lowest BCUT2D eigenvalue weighted by Crippen LogP contribution is -2.43. The van der Waals surface area contributed by atoms with Crippen LogP contribution >= 0.6 is 24.0 Å². The molecule has 118 valence electrons. The third kappa shape index (κ3) is 2.66. The van der Waals surface area contributed by atoms with E-state index in [2.05, 4.69) is 17.4 Å². The Labute approximate surface area is 149 Å². The number of amides is 1. The Morgan fingerprint density at radius 3 is 2.67 bits per heavy atom. The average molecular weight is 350 g/mol. The predicted octanol–water partition coefficient (Wildman–Crippen LogP) is 4.68. The number of thioether (sulfide) groups is 1. The number of nitrogens with one attached hydrogen (secondary N) is 1. The molecule has 0 unspecified atom stereocenters. The maximum absolute atomic E-state index is 12.4. The smallest absolute Gasteiger partial charge is 0.243 e. The molecule has 0 atom stereocenters. The topological polar surface area (TPSA) is 32.3 Å². The van der Waals surface area contributed by atoms with E-state index in [1.807, 2.05) is 54.6 Å². The summed E-state index contributed by atoms with van der Waals surface area (Å²) in [6.45, 7) is 0. The van der Waals surface area contributed by atoms with Gasteiger partial charge in [0.05, 0.1) is 11.4 Å². The number of nitrogens with zero attached hydrogens (tertiary/aromatic N) is 1. The Hall–Kier alpha value is -2.37. The molecule has 3 nitrogen and oxygen atoms in total. The van der Waals surface area contributed by atoms with E-state index in [0.29, 0.717) is 10.9 Å². The van der Waals surface area contributed by atoms with Gasteiger partial charge in [0.15, 0.2) is 5.11 Å². The zero-order chi connectivity index (χ0) is 16.5. The van der Waals surface area contributed by atoms with Gasteiger partial charge < -0.3 is 5.32 Å². The number of carbonyl (C=O) groups is 1. The number of rotatable bonds is 1.